The van der Waals surface area contributed by atoms with Gasteiger partial charge in [0.15, 0.2) is 0 Å². The molecule has 1 fully saturated rings. The van der Waals surface area contributed by atoms with E-state index in [1.807, 2.05) is 19.2 Å². The molecule has 1 saturated heterocycles. The minimum absolute atomic E-state index is 0.0638. The standard InChI is InChI=1S/C16H25FN2/c1-12-8-9-13(2)19(10-12)11-16(18-3)14-6-4-5-7-15(14)17/h4-7,12-13,16,18H,8-11H2,1-3H3. The molecule has 3 unspecified atom stereocenters. The number of hydrogen-bond donors (Lipinski definition) is 1. The highest BCUT2D eigenvalue weighted by Crippen LogP contribution is 2.25. The van der Waals surface area contributed by atoms with Crippen LogP contribution in [-0.4, -0.2) is 31.1 Å². The first kappa shape index (κ1) is 14.5. The lowest BCUT2D eigenvalue weighted by atomic mass is 9.94. The van der Waals surface area contributed by atoms with Gasteiger partial charge in [-0.25, -0.2) is 4.39 Å². The summed E-state index contributed by atoms with van der Waals surface area (Å²) in [6.07, 6.45) is 2.55. The first-order valence-corrected chi connectivity index (χ1v) is 7.27. The number of nitrogens with one attached hydrogen (secondary N) is 1. The van der Waals surface area contributed by atoms with Crippen LogP contribution < -0.4 is 5.32 Å². The average molecular weight is 264 g/mol. The van der Waals surface area contributed by atoms with Crippen LogP contribution in [0.4, 0.5) is 4.39 Å². The number of benzene rings is 1. The molecule has 1 N–H and O–H groups in total. The van der Waals surface area contributed by atoms with Gasteiger partial charge in [-0.15, -0.1) is 0 Å². The Balaban J connectivity index is 2.08. The third-order valence-electron chi connectivity index (χ3n) is 4.29. The summed E-state index contributed by atoms with van der Waals surface area (Å²) in [7, 11) is 1.91. The maximum absolute atomic E-state index is 13.9. The third kappa shape index (κ3) is 3.54. The van der Waals surface area contributed by atoms with Gasteiger partial charge in [0.2, 0.25) is 0 Å². The van der Waals surface area contributed by atoms with E-state index in [-0.39, 0.29) is 11.9 Å². The van der Waals surface area contributed by atoms with Crippen LogP contribution in [0.2, 0.25) is 0 Å². The lowest BCUT2D eigenvalue weighted by Crippen LogP contribution is -2.45. The summed E-state index contributed by atoms with van der Waals surface area (Å²) in [5.41, 5.74) is 0.774. The van der Waals surface area contributed by atoms with Gasteiger partial charge in [-0.05, 0) is 38.8 Å². The van der Waals surface area contributed by atoms with Gasteiger partial charge in [-0.3, -0.25) is 4.90 Å². The molecular weight excluding hydrogens is 239 g/mol. The van der Waals surface area contributed by atoms with Crippen LogP contribution in [0.5, 0.6) is 0 Å². The molecule has 3 atom stereocenters. The second kappa shape index (κ2) is 6.49. The zero-order chi connectivity index (χ0) is 13.8. The van der Waals surface area contributed by atoms with Crippen molar-refractivity contribution in [1.29, 1.82) is 0 Å². The van der Waals surface area contributed by atoms with Gasteiger partial charge in [-0.2, -0.15) is 0 Å². The Morgan fingerprint density at radius 3 is 2.74 bits per heavy atom. The van der Waals surface area contributed by atoms with Crippen molar-refractivity contribution in [1.82, 2.24) is 10.2 Å². The first-order valence-electron chi connectivity index (χ1n) is 7.27. The van der Waals surface area contributed by atoms with Crippen molar-refractivity contribution in [3.8, 4) is 0 Å². The number of likely N-dealkylation sites (N-methyl/N-ethyl adjacent to an activating group) is 1. The molecule has 1 aromatic carbocycles. The summed E-state index contributed by atoms with van der Waals surface area (Å²) < 4.78 is 13.9. The van der Waals surface area contributed by atoms with Crippen molar-refractivity contribution in [3.05, 3.63) is 35.6 Å². The first-order chi connectivity index (χ1) is 9.11. The van der Waals surface area contributed by atoms with Crippen LogP contribution in [0.25, 0.3) is 0 Å². The Bertz CT molecular complexity index is 407. The zero-order valence-electron chi connectivity index (χ0n) is 12.2. The Kier molecular flexibility index (Phi) is 4.94. The van der Waals surface area contributed by atoms with Crippen molar-refractivity contribution < 1.29 is 4.39 Å². The highest BCUT2D eigenvalue weighted by Gasteiger charge is 2.26. The molecule has 0 spiro atoms. The van der Waals surface area contributed by atoms with Crippen LogP contribution in [-0.2, 0) is 0 Å². The number of piperidine rings is 1. The minimum Gasteiger partial charge on any atom is -0.312 e. The summed E-state index contributed by atoms with van der Waals surface area (Å²) in [6, 6.07) is 7.74. The normalized spacial score (nSPS) is 26.3. The molecule has 0 saturated carbocycles. The van der Waals surface area contributed by atoms with Crippen molar-refractivity contribution in [2.45, 2.75) is 38.8 Å². The SMILES string of the molecule is CNC(CN1CC(C)CCC1C)c1ccccc1F. The van der Waals surface area contributed by atoms with Crippen LogP contribution in [0, 0.1) is 11.7 Å². The molecule has 3 heteroatoms. The van der Waals surface area contributed by atoms with E-state index >= 15 is 0 Å². The van der Waals surface area contributed by atoms with E-state index < -0.39 is 0 Å². The Hall–Kier alpha value is -0.930. The quantitative estimate of drug-likeness (QED) is 0.898. The van der Waals surface area contributed by atoms with Crippen molar-refractivity contribution >= 4 is 0 Å². The van der Waals surface area contributed by atoms with Crippen LogP contribution >= 0.6 is 0 Å². The molecule has 19 heavy (non-hydrogen) atoms. The summed E-state index contributed by atoms with van der Waals surface area (Å²) in [6.45, 7) is 6.58. The van der Waals surface area contributed by atoms with Crippen LogP contribution in [0.3, 0.4) is 0 Å². The average Bonchev–Trinajstić information content (AvgIpc) is 2.41. The molecule has 0 radical (unpaired) electrons. The fourth-order valence-electron chi connectivity index (χ4n) is 2.97. The topological polar surface area (TPSA) is 15.3 Å². The van der Waals surface area contributed by atoms with Gasteiger partial charge in [0, 0.05) is 30.7 Å². The van der Waals surface area contributed by atoms with Crippen LogP contribution in [0.1, 0.15) is 38.3 Å². The van der Waals surface area contributed by atoms with E-state index in [0.29, 0.717) is 6.04 Å². The molecule has 0 aliphatic carbocycles. The lowest BCUT2D eigenvalue weighted by molar-refractivity contribution is 0.112. The second-order valence-corrected chi connectivity index (χ2v) is 5.85. The van der Waals surface area contributed by atoms with Crippen molar-refractivity contribution in [3.63, 3.8) is 0 Å². The monoisotopic (exact) mass is 264 g/mol. The fraction of sp³-hybridized carbons (Fsp3) is 0.625. The molecule has 2 rings (SSSR count). The summed E-state index contributed by atoms with van der Waals surface area (Å²) in [4.78, 5) is 2.49. The van der Waals surface area contributed by atoms with Gasteiger partial charge in [0.25, 0.3) is 0 Å². The predicted molar refractivity (Wildman–Crippen MR) is 77.6 cm³/mol. The van der Waals surface area contributed by atoms with E-state index in [0.717, 1.165) is 24.6 Å². The summed E-state index contributed by atoms with van der Waals surface area (Å²) in [5, 5.41) is 3.26. The van der Waals surface area contributed by atoms with Crippen LogP contribution in [0.15, 0.2) is 24.3 Å². The molecule has 106 valence electrons. The minimum atomic E-state index is -0.112. The van der Waals surface area contributed by atoms with Gasteiger partial charge >= 0.3 is 0 Å². The number of halogens is 1. The number of rotatable bonds is 4. The molecule has 2 nitrogen and oxygen atoms in total. The van der Waals surface area contributed by atoms with E-state index in [1.54, 1.807) is 12.1 Å². The fourth-order valence-corrected chi connectivity index (χ4v) is 2.97. The largest absolute Gasteiger partial charge is 0.312 e. The van der Waals surface area contributed by atoms with E-state index in [4.69, 9.17) is 0 Å². The van der Waals surface area contributed by atoms with E-state index in [1.165, 1.54) is 12.8 Å². The molecule has 1 aromatic rings. The smallest absolute Gasteiger partial charge is 0.128 e. The Morgan fingerprint density at radius 2 is 2.05 bits per heavy atom. The van der Waals surface area contributed by atoms with E-state index in [9.17, 15) is 4.39 Å². The number of likely N-dealkylation sites (tertiary alicyclic amines) is 1. The highest BCUT2D eigenvalue weighted by atomic mass is 19.1. The third-order valence-corrected chi connectivity index (χ3v) is 4.29. The van der Waals surface area contributed by atoms with Gasteiger partial charge in [-0.1, -0.05) is 25.1 Å². The molecule has 1 aliphatic rings. The Labute approximate surface area is 116 Å². The van der Waals surface area contributed by atoms with Crippen molar-refractivity contribution in [2.75, 3.05) is 20.1 Å². The summed E-state index contributed by atoms with van der Waals surface area (Å²) >= 11 is 0. The summed E-state index contributed by atoms with van der Waals surface area (Å²) in [5.74, 6) is 0.633. The molecule has 1 aliphatic heterocycles. The van der Waals surface area contributed by atoms with Crippen molar-refractivity contribution in [2.24, 2.45) is 5.92 Å². The Morgan fingerprint density at radius 1 is 1.32 bits per heavy atom. The molecular formula is C16H25FN2. The molecule has 0 bridgehead atoms. The van der Waals surface area contributed by atoms with E-state index in [2.05, 4.69) is 24.1 Å². The molecule has 1 heterocycles. The molecule has 0 aromatic heterocycles. The van der Waals surface area contributed by atoms with Gasteiger partial charge < -0.3 is 5.32 Å². The predicted octanol–water partition coefficient (Wildman–Crippen LogP) is 3.21. The zero-order valence-corrected chi connectivity index (χ0v) is 12.2. The molecule has 0 amide bonds. The second-order valence-electron chi connectivity index (χ2n) is 5.85. The number of hydrogen-bond acceptors (Lipinski definition) is 2. The van der Waals surface area contributed by atoms with Gasteiger partial charge in [0.1, 0.15) is 5.82 Å². The maximum atomic E-state index is 13.9. The van der Waals surface area contributed by atoms with Gasteiger partial charge in [0.05, 0.1) is 0 Å². The maximum Gasteiger partial charge on any atom is 0.128 e. The number of nitrogens with zero attached hydrogens (tertiary/aromatic N) is 1. The highest BCUT2D eigenvalue weighted by molar-refractivity contribution is 5.21. The lowest BCUT2D eigenvalue weighted by Gasteiger charge is -2.38.